The average molecular weight is 273 g/mol. The third-order valence-electron chi connectivity index (χ3n) is 2.16. The first-order valence-electron chi connectivity index (χ1n) is 5.47. The number of alkyl halides is 2. The number of carbonyl (C=O) groups excluding carboxylic acids is 1. The zero-order chi connectivity index (χ0) is 14.3. The van der Waals surface area contributed by atoms with Gasteiger partial charge in [0, 0.05) is 6.42 Å². The van der Waals surface area contributed by atoms with E-state index in [1.807, 2.05) is 5.32 Å². The van der Waals surface area contributed by atoms with Crippen LogP contribution in [0, 0.1) is 0 Å². The maximum absolute atomic E-state index is 12.1. The van der Waals surface area contributed by atoms with Crippen molar-refractivity contribution in [3.8, 4) is 5.75 Å². The molecule has 5 nitrogen and oxygen atoms in total. The van der Waals surface area contributed by atoms with Gasteiger partial charge in [0.05, 0.1) is 0 Å². The predicted octanol–water partition coefficient (Wildman–Crippen LogP) is 1.29. The molecule has 0 aliphatic rings. The van der Waals surface area contributed by atoms with Crippen molar-refractivity contribution in [3.63, 3.8) is 0 Å². The smallest absolute Gasteiger partial charge is 0.326 e. The Balaban J connectivity index is 2.42. The molecule has 1 atom stereocenters. The standard InChI is InChI=1S/C12H13F2NO4/c13-10(14)6-9(12(17)18)15-11(16)7-19-8-4-2-1-3-5-8/h1-5,9-10H,6-7H2,(H,15,16)(H,17,18). The molecule has 0 aromatic heterocycles. The Labute approximate surface area is 108 Å². The number of benzene rings is 1. The van der Waals surface area contributed by atoms with Crippen molar-refractivity contribution in [2.45, 2.75) is 18.9 Å². The molecule has 0 saturated heterocycles. The molecule has 7 heteroatoms. The lowest BCUT2D eigenvalue weighted by Crippen LogP contribution is -2.44. The fraction of sp³-hybridized carbons (Fsp3) is 0.333. The average Bonchev–Trinajstić information content (AvgIpc) is 2.36. The van der Waals surface area contributed by atoms with Crippen molar-refractivity contribution >= 4 is 11.9 Å². The van der Waals surface area contributed by atoms with E-state index in [1.165, 1.54) is 0 Å². The van der Waals surface area contributed by atoms with Crippen molar-refractivity contribution < 1.29 is 28.2 Å². The molecule has 1 amide bonds. The monoisotopic (exact) mass is 273 g/mol. The molecule has 1 aromatic carbocycles. The van der Waals surface area contributed by atoms with Crippen LogP contribution in [0.4, 0.5) is 8.78 Å². The van der Waals surface area contributed by atoms with Gasteiger partial charge >= 0.3 is 5.97 Å². The highest BCUT2D eigenvalue weighted by atomic mass is 19.3. The Morgan fingerprint density at radius 2 is 1.89 bits per heavy atom. The van der Waals surface area contributed by atoms with Gasteiger partial charge in [-0.15, -0.1) is 0 Å². The Morgan fingerprint density at radius 1 is 1.26 bits per heavy atom. The van der Waals surface area contributed by atoms with Crippen LogP contribution in [0.1, 0.15) is 6.42 Å². The molecule has 1 rings (SSSR count). The van der Waals surface area contributed by atoms with E-state index >= 15 is 0 Å². The Morgan fingerprint density at radius 3 is 2.42 bits per heavy atom. The van der Waals surface area contributed by atoms with Gasteiger partial charge in [-0.3, -0.25) is 4.79 Å². The summed E-state index contributed by atoms with van der Waals surface area (Å²) in [6.45, 7) is -0.434. The van der Waals surface area contributed by atoms with Gasteiger partial charge < -0.3 is 15.2 Å². The first-order valence-corrected chi connectivity index (χ1v) is 5.47. The minimum Gasteiger partial charge on any atom is -0.484 e. The number of carbonyl (C=O) groups is 2. The van der Waals surface area contributed by atoms with Crippen LogP contribution in [-0.4, -0.2) is 36.1 Å². The molecule has 19 heavy (non-hydrogen) atoms. The number of hydrogen-bond donors (Lipinski definition) is 2. The zero-order valence-corrected chi connectivity index (χ0v) is 9.88. The topological polar surface area (TPSA) is 75.6 Å². The van der Waals surface area contributed by atoms with Crippen LogP contribution in [0.3, 0.4) is 0 Å². The molecular formula is C12H13F2NO4. The first-order chi connectivity index (χ1) is 8.99. The fourth-order valence-corrected chi connectivity index (χ4v) is 1.30. The SMILES string of the molecule is O=C(COc1ccccc1)NC(CC(F)F)C(=O)O. The number of para-hydroxylation sites is 1. The number of nitrogens with one attached hydrogen (secondary N) is 1. The highest BCUT2D eigenvalue weighted by molar-refractivity contribution is 5.84. The van der Waals surface area contributed by atoms with Crippen molar-refractivity contribution in [3.05, 3.63) is 30.3 Å². The highest BCUT2D eigenvalue weighted by Gasteiger charge is 2.24. The number of amides is 1. The quantitative estimate of drug-likeness (QED) is 0.785. The second-order valence-electron chi connectivity index (χ2n) is 3.69. The molecule has 0 spiro atoms. The molecule has 0 bridgehead atoms. The third kappa shape index (κ3) is 5.80. The van der Waals surface area contributed by atoms with Gasteiger partial charge in [-0.2, -0.15) is 0 Å². The second-order valence-corrected chi connectivity index (χ2v) is 3.69. The van der Waals surface area contributed by atoms with Crippen LogP contribution in [0.5, 0.6) is 5.75 Å². The van der Waals surface area contributed by atoms with Crippen LogP contribution in [-0.2, 0) is 9.59 Å². The summed E-state index contributed by atoms with van der Waals surface area (Å²) in [6, 6.07) is 6.76. The molecule has 0 radical (unpaired) electrons. The van der Waals surface area contributed by atoms with Crippen LogP contribution in [0.15, 0.2) is 30.3 Å². The van der Waals surface area contributed by atoms with Gasteiger partial charge in [0.15, 0.2) is 6.61 Å². The predicted molar refractivity (Wildman–Crippen MR) is 62.1 cm³/mol. The van der Waals surface area contributed by atoms with Crippen LogP contribution in [0.25, 0.3) is 0 Å². The minimum absolute atomic E-state index is 0.429. The largest absolute Gasteiger partial charge is 0.484 e. The van der Waals surface area contributed by atoms with E-state index in [-0.39, 0.29) is 0 Å². The molecule has 0 heterocycles. The lowest BCUT2D eigenvalue weighted by Gasteiger charge is -2.14. The lowest BCUT2D eigenvalue weighted by atomic mass is 10.2. The van der Waals surface area contributed by atoms with Crippen molar-refractivity contribution in [1.29, 1.82) is 0 Å². The number of halogens is 2. The maximum atomic E-state index is 12.1. The molecule has 2 N–H and O–H groups in total. The Bertz CT molecular complexity index is 425. The van der Waals surface area contributed by atoms with Crippen molar-refractivity contribution in [2.75, 3.05) is 6.61 Å². The zero-order valence-electron chi connectivity index (χ0n) is 9.88. The van der Waals surface area contributed by atoms with E-state index in [1.54, 1.807) is 30.3 Å². The summed E-state index contributed by atoms with van der Waals surface area (Å²) in [5.74, 6) is -1.84. The summed E-state index contributed by atoms with van der Waals surface area (Å²) in [5.41, 5.74) is 0. The van der Waals surface area contributed by atoms with Gasteiger partial charge in [0.25, 0.3) is 5.91 Å². The van der Waals surface area contributed by atoms with Gasteiger partial charge in [-0.05, 0) is 12.1 Å². The number of ether oxygens (including phenoxy) is 1. The summed E-state index contributed by atoms with van der Waals surface area (Å²) in [4.78, 5) is 22.0. The summed E-state index contributed by atoms with van der Waals surface area (Å²) < 4.78 is 29.3. The number of carboxylic acids is 1. The summed E-state index contributed by atoms with van der Waals surface area (Å²) in [6.07, 6.45) is -3.75. The Hall–Kier alpha value is -2.18. The van der Waals surface area contributed by atoms with Gasteiger partial charge in [-0.1, -0.05) is 18.2 Å². The fourth-order valence-electron chi connectivity index (χ4n) is 1.30. The molecule has 0 saturated carbocycles. The third-order valence-corrected chi connectivity index (χ3v) is 2.16. The molecule has 1 unspecified atom stereocenters. The van der Waals surface area contributed by atoms with Crippen LogP contribution >= 0.6 is 0 Å². The van der Waals surface area contributed by atoms with Crippen LogP contribution in [0.2, 0.25) is 0 Å². The minimum atomic E-state index is -2.81. The molecule has 0 aliphatic heterocycles. The summed E-state index contributed by atoms with van der Waals surface area (Å²) >= 11 is 0. The number of aliphatic carboxylic acids is 1. The molecular weight excluding hydrogens is 260 g/mol. The number of rotatable bonds is 7. The van der Waals surface area contributed by atoms with Gasteiger partial charge in [-0.25, -0.2) is 13.6 Å². The second kappa shape index (κ2) is 7.30. The van der Waals surface area contributed by atoms with Crippen molar-refractivity contribution in [1.82, 2.24) is 5.32 Å². The summed E-state index contributed by atoms with van der Waals surface area (Å²) in [7, 11) is 0. The first kappa shape index (κ1) is 14.9. The number of carboxylic acid groups (broad SMARTS) is 1. The van der Waals surface area contributed by atoms with Crippen LogP contribution < -0.4 is 10.1 Å². The normalized spacial score (nSPS) is 11.9. The van der Waals surface area contributed by atoms with Crippen molar-refractivity contribution in [2.24, 2.45) is 0 Å². The number of hydrogen-bond acceptors (Lipinski definition) is 3. The Kier molecular flexibility index (Phi) is 5.72. The van der Waals surface area contributed by atoms with E-state index in [0.717, 1.165) is 0 Å². The molecule has 0 fully saturated rings. The van der Waals surface area contributed by atoms with E-state index in [0.29, 0.717) is 5.75 Å². The van der Waals surface area contributed by atoms with Gasteiger partial charge in [0.1, 0.15) is 11.8 Å². The lowest BCUT2D eigenvalue weighted by molar-refractivity contribution is -0.143. The molecule has 1 aromatic rings. The molecule has 104 valence electrons. The van der Waals surface area contributed by atoms with E-state index in [2.05, 4.69) is 0 Å². The molecule has 0 aliphatic carbocycles. The maximum Gasteiger partial charge on any atom is 0.326 e. The van der Waals surface area contributed by atoms with Gasteiger partial charge in [0.2, 0.25) is 6.43 Å². The van der Waals surface area contributed by atoms with E-state index < -0.39 is 37.4 Å². The van der Waals surface area contributed by atoms with E-state index in [4.69, 9.17) is 9.84 Å². The van der Waals surface area contributed by atoms with E-state index in [9.17, 15) is 18.4 Å². The highest BCUT2D eigenvalue weighted by Crippen LogP contribution is 2.08. The summed E-state index contributed by atoms with van der Waals surface area (Å²) in [5, 5.41) is 10.6.